The van der Waals surface area contributed by atoms with Crippen molar-refractivity contribution in [3.05, 3.63) is 148 Å². The molecule has 2 fully saturated rings. The molecule has 53 heteroatoms. The maximum absolute atomic E-state index is 14.4. The Balaban J connectivity index is 0.00000147. The number of aliphatic carboxylic acids is 2. The number of carbonyl (C=O) groups is 18. The van der Waals surface area contributed by atoms with E-state index < -0.39 is 187 Å². The van der Waals surface area contributed by atoms with Gasteiger partial charge in [-0.15, -0.1) is 0 Å². The number of aromatic hydroxyl groups is 2. The third kappa shape index (κ3) is 48.6. The summed E-state index contributed by atoms with van der Waals surface area (Å²) in [6.45, 7) is 5.71. The second-order valence-electron chi connectivity index (χ2n) is 32.2. The number of aliphatic hydroxyl groups excluding tert-OH is 1. The van der Waals surface area contributed by atoms with Gasteiger partial charge in [0.2, 0.25) is 82.7 Å². The minimum atomic E-state index is -1.81. The van der Waals surface area contributed by atoms with E-state index in [1.807, 2.05) is 44.2 Å². The Hall–Kier alpha value is -7.87. The first kappa shape index (κ1) is 132. The summed E-state index contributed by atoms with van der Waals surface area (Å²) >= 11 is 0. The molecule has 0 aliphatic carbocycles. The molecule has 0 radical (unpaired) electrons. The van der Waals surface area contributed by atoms with Crippen molar-refractivity contribution in [3.63, 3.8) is 0 Å². The first-order chi connectivity index (χ1) is 65.7. The fourth-order valence-electron chi connectivity index (χ4n) is 13.7. The Morgan fingerprint density at radius 1 is 0.585 bits per heavy atom. The molecule has 2 aliphatic heterocycles. The van der Waals surface area contributed by atoms with Gasteiger partial charge < -0.3 is 136 Å². The molecule has 47 nitrogen and oxygen atoms in total. The molecule has 2 heterocycles. The second-order valence-corrected chi connectivity index (χ2v) is 34.8. The van der Waals surface area contributed by atoms with Gasteiger partial charge in [-0.1, -0.05) is 126 Å². The number of phenolic OH excluding ortho intramolecular Hbond substituents is 2. The van der Waals surface area contributed by atoms with Crippen molar-refractivity contribution in [2.75, 3.05) is 104 Å². The maximum atomic E-state index is 14.4. The molecule has 2 aliphatic rings. The second kappa shape index (κ2) is 71.6. The number of carboxylic acids is 2. The predicted octanol–water partition coefficient (Wildman–Crippen LogP) is -5.29. The van der Waals surface area contributed by atoms with E-state index >= 15 is 0 Å². The van der Waals surface area contributed by atoms with Gasteiger partial charge in [0.25, 0.3) is 11.8 Å². The number of rotatable bonds is 46. The molecule has 142 heavy (non-hydrogen) atoms. The number of carbonyl (C=O) groups excluding carboxylic acids is 16. The zero-order chi connectivity index (χ0) is 102. The van der Waals surface area contributed by atoms with E-state index in [2.05, 4.69) is 124 Å². The van der Waals surface area contributed by atoms with Crippen LogP contribution in [0.4, 0.5) is 0 Å². The summed E-state index contributed by atoms with van der Waals surface area (Å²) in [5.74, 6) is -17.0. The molecular formula is C89H126Gd4N22O25S2-4. The van der Waals surface area contributed by atoms with E-state index in [1.165, 1.54) is 84.2 Å². The van der Waals surface area contributed by atoms with Crippen molar-refractivity contribution < 1.29 is 281 Å². The number of aliphatic hydroxyl groups is 1. The molecule has 2 saturated heterocycles. The third-order valence-electron chi connectivity index (χ3n) is 21.1. The van der Waals surface area contributed by atoms with Gasteiger partial charge in [0, 0.05) is 256 Å². The number of benzene rings is 4. The normalized spacial score (nSPS) is 18.3. The molecule has 4 aromatic rings. The molecule has 3 unspecified atom stereocenters. The van der Waals surface area contributed by atoms with E-state index in [0.29, 0.717) is 42.5 Å². The number of carboxylic acid groups (broad SMARTS) is 2. The Kier molecular flexibility index (Phi) is 66.7. The molecule has 4 aromatic carbocycles. The van der Waals surface area contributed by atoms with Crippen molar-refractivity contribution >= 4 is 134 Å². The molecule has 790 valence electrons. The van der Waals surface area contributed by atoms with Gasteiger partial charge in [-0.25, -0.2) is 5.48 Å². The van der Waals surface area contributed by atoms with E-state index in [9.17, 15) is 112 Å². The van der Waals surface area contributed by atoms with Crippen LogP contribution in [-0.4, -0.2) is 330 Å². The van der Waals surface area contributed by atoms with Crippen LogP contribution in [0, 0.1) is 200 Å². The Morgan fingerprint density at radius 2 is 1.10 bits per heavy atom. The van der Waals surface area contributed by atoms with Crippen LogP contribution < -0.4 is 96.3 Å². The summed E-state index contributed by atoms with van der Waals surface area (Å²) in [6, 6.07) is 12.6. The molecule has 0 spiro atoms. The SMILES string of the molecule is CC(O)[C@@H]1NC(=O)CNC(=O)[C@H](Cc2ccc(O)cc2)NC(=O)[C@H](Cc2ccc(O)cc2)NC(=O)[C@H](CC(=O)O)NC(=O)[C@@H](C)CSSC[C@@H](C(=O)N[C@@H](Cc2ccc(-c3ccccc3)cc2)C(=O)N[C@@H](CC(=O)O)C(N)=O)NC1=O.[CH2-]NCC(N[CH2-])C(=O)N(CCNC(=O)CO/N=C/C(=O)N[C@@H](CC(C)C)C(=O)N1CCC[C@H]1C(=O)NC)CCN(CCNC(=O)CONC)C(=O)C(CN[CH2-])N[CH2-].[Gd].[Gd].[Gd].[Gd]. The molecule has 0 bridgehead atoms. The van der Waals surface area contributed by atoms with Crippen molar-refractivity contribution in [2.45, 2.75) is 152 Å². The summed E-state index contributed by atoms with van der Waals surface area (Å²) in [5, 5.41) is 94.1. The average Bonchev–Trinajstić information content (AvgIpc) is 1.78. The number of likely N-dealkylation sites (N-methyl/N-ethyl adjacent to an activating group) is 1. The predicted molar refractivity (Wildman–Crippen MR) is 505 cm³/mol. The number of hydrogen-bond acceptors (Lipinski definition) is 31. The van der Waals surface area contributed by atoms with E-state index in [0.717, 1.165) is 45.9 Å². The number of hydrogen-bond donors (Lipinski definition) is 23. The van der Waals surface area contributed by atoms with E-state index in [-0.39, 0.29) is 291 Å². The van der Waals surface area contributed by atoms with Crippen LogP contribution in [-0.2, 0) is 115 Å². The Morgan fingerprint density at radius 3 is 1.60 bits per heavy atom. The fraction of sp³-hybridized carbons (Fsp3) is 0.472. The first-order valence-corrected chi connectivity index (χ1v) is 46.4. The van der Waals surface area contributed by atoms with Gasteiger partial charge in [-0.3, -0.25) is 119 Å². The molecule has 0 aromatic heterocycles. The van der Waals surface area contributed by atoms with Gasteiger partial charge in [0.1, 0.15) is 78.7 Å². The van der Waals surface area contributed by atoms with Crippen LogP contribution in [0.25, 0.3) is 11.1 Å². The Labute approximate surface area is 959 Å². The molecule has 6 rings (SSSR count). The van der Waals surface area contributed by atoms with Crippen LogP contribution >= 0.6 is 21.6 Å². The van der Waals surface area contributed by atoms with Crippen molar-refractivity contribution in [1.82, 2.24) is 105 Å². The zero-order valence-corrected chi connectivity index (χ0v) is 89.6. The number of amides is 16. The molecule has 0 saturated carbocycles. The van der Waals surface area contributed by atoms with E-state index in [4.69, 9.17) is 15.4 Å². The summed E-state index contributed by atoms with van der Waals surface area (Å²) < 4.78 is 0. The summed E-state index contributed by atoms with van der Waals surface area (Å²) in [5.41, 5.74) is 10.8. The number of nitrogens with one attached hydrogen (secondary N) is 17. The van der Waals surface area contributed by atoms with Gasteiger partial charge in [-0.05, 0) is 97.3 Å². The van der Waals surface area contributed by atoms with Gasteiger partial charge in [0.15, 0.2) is 6.61 Å². The van der Waals surface area contributed by atoms with Gasteiger partial charge in [-0.2, -0.15) is 0 Å². The average molecular weight is 2600 g/mol. The van der Waals surface area contributed by atoms with Crippen LogP contribution in [0.3, 0.4) is 0 Å². The van der Waals surface area contributed by atoms with Gasteiger partial charge >= 0.3 is 11.9 Å². The number of oxime groups is 1. The largest absolute Gasteiger partial charge is 0.508 e. The molecule has 16 amide bonds. The number of hydroxylamine groups is 1. The summed E-state index contributed by atoms with van der Waals surface area (Å²) in [4.78, 5) is 252. The summed E-state index contributed by atoms with van der Waals surface area (Å²) in [6.07, 6.45) is -1.98. The number of primary amides is 1. The minimum Gasteiger partial charge on any atom is -0.508 e. The maximum Gasteiger partial charge on any atom is 0.305 e. The smallest absolute Gasteiger partial charge is 0.305 e. The first-order valence-electron chi connectivity index (χ1n) is 43.9. The zero-order valence-electron chi connectivity index (χ0n) is 78.9. The van der Waals surface area contributed by atoms with Crippen LogP contribution in [0.15, 0.2) is 108 Å². The quantitative estimate of drug-likeness (QED) is 0.00850. The number of phenols is 2. The topological polar surface area (TPSA) is 679 Å². The van der Waals surface area contributed by atoms with Gasteiger partial charge in [0.05, 0.1) is 37.6 Å². The molecule has 24 N–H and O–H groups in total. The fourth-order valence-corrected chi connectivity index (χ4v) is 16.3. The van der Waals surface area contributed by atoms with Crippen molar-refractivity contribution in [2.24, 2.45) is 22.7 Å². The standard InChI is InChI=1S/C54H63N9O16S2.C35H63N13O9.4Gd/c1-28-26-80-81-27-42(53(78)61-39(50(75)57-37(47(55)72)23-44(68)69)21-30-8-14-34(15-9-30)33-6-4-3-5-7-33)62-54(79)46(29(2)64)63-43(67)25-56-49(74)38(20-31-10-16-35(65)17-11-31)59-51(76)40(22-32-12-18-36(66)19-13-32)60-52(77)41(24-45(70)71)58-48(28)73;1-24(2)18-25(35(55)48-13-9-10-28(48)32(52)40-7)45-29(49)21-44-57-23-31(51)43-12-15-47(34(54)27(39-6)20-37-4)17-16-46(33(53)26(38-5)19-36-3)14-11-42-30(50)22-56-41-8;;;;/h3-19,28-29,37-42,46,64-66H,20-27H2,1-2H3,(H2,55,72)(H,56,74)(H,57,75)(H,58,73)(H,59,76)(H,60,77)(H,61,78)(H,62,79)(H,63,67)(H,68,69)(H,70,71);21,24-28,36-39,41H,3-6,9-20,22-23H2,1-2,7-8H3,(H,40,52)(H,42,50)(H,43,51)(H,45,49);;;;/q;-4;;;;/b;44-21+;;;;/t28-,29?,37-,38-,39-,40-,41-,42-,46-;25-,26?,27?,28-;;;;/m00..../s1. The Bertz CT molecular complexity index is 4770. The van der Waals surface area contributed by atoms with Crippen LogP contribution in [0.2, 0.25) is 0 Å². The molecule has 13 atom stereocenters. The number of likely N-dealkylation sites (tertiary alicyclic amines) is 1. The molecular weight excluding hydrogens is 2470 g/mol. The monoisotopic (exact) mass is 2600 g/mol. The van der Waals surface area contributed by atoms with Crippen molar-refractivity contribution in [1.29, 1.82) is 0 Å². The van der Waals surface area contributed by atoms with Crippen LogP contribution in [0.5, 0.6) is 11.5 Å². The van der Waals surface area contributed by atoms with Crippen molar-refractivity contribution in [3.8, 4) is 22.6 Å². The van der Waals surface area contributed by atoms with Crippen LogP contribution in [0.1, 0.15) is 76.5 Å². The minimum absolute atomic E-state index is 0. The van der Waals surface area contributed by atoms with E-state index in [1.54, 1.807) is 24.3 Å². The number of nitrogens with zero attached hydrogens (tertiary/aromatic N) is 4. The third-order valence-corrected chi connectivity index (χ3v) is 23.7. The number of nitrogens with two attached hydrogens (primary N) is 1. The summed E-state index contributed by atoms with van der Waals surface area (Å²) in [7, 11) is 19.3.